The van der Waals surface area contributed by atoms with Crippen LogP contribution in [0.1, 0.15) is 12.8 Å². The number of hydrogen-bond acceptors (Lipinski definition) is 6. The fraction of sp³-hybridized carbons (Fsp3) is 0.286. The molecule has 0 bridgehead atoms. The molecule has 0 atom stereocenters. The number of nitrogens with two attached hydrogens (primary N) is 2. The molecule has 8 heteroatoms. The third-order valence-electron chi connectivity index (χ3n) is 2.88. The van der Waals surface area contributed by atoms with E-state index in [4.69, 9.17) is 21.3 Å². The Labute approximate surface area is 145 Å². The van der Waals surface area contributed by atoms with E-state index in [0.717, 1.165) is 17.0 Å². The number of nitrogen functional groups attached to an aromatic ring is 2. The minimum absolute atomic E-state index is 0.00405. The van der Waals surface area contributed by atoms with E-state index < -0.39 is 0 Å². The van der Waals surface area contributed by atoms with E-state index in [1.54, 1.807) is 6.20 Å². The van der Waals surface area contributed by atoms with E-state index in [1.807, 2.05) is 6.07 Å². The van der Waals surface area contributed by atoms with E-state index in [-0.39, 0.29) is 11.6 Å². The lowest BCUT2D eigenvalue weighted by Crippen LogP contribution is -2.02. The largest absolute Gasteiger partial charge is 0.504 e. The van der Waals surface area contributed by atoms with Crippen LogP contribution in [-0.4, -0.2) is 21.7 Å². The minimum atomic E-state index is 0.00405. The fourth-order valence-corrected chi connectivity index (χ4v) is 2.11. The third kappa shape index (κ3) is 5.34. The van der Waals surface area contributed by atoms with Gasteiger partial charge in [-0.2, -0.15) is 0 Å². The lowest BCUT2D eigenvalue weighted by atomic mass is 10.4. The zero-order chi connectivity index (χ0) is 16.1. The molecule has 0 radical (unpaired) electrons. The van der Waals surface area contributed by atoms with Crippen molar-refractivity contribution in [3.63, 3.8) is 0 Å². The third-order valence-corrected chi connectivity index (χ3v) is 3.75. The molecule has 2 aromatic rings. The Balaban J connectivity index is 0.000000172. The maximum Gasteiger partial charge on any atom is 0.166 e. The molecule has 0 aliphatic heterocycles. The minimum Gasteiger partial charge on any atom is -0.504 e. The van der Waals surface area contributed by atoms with Gasteiger partial charge in [-0.05, 0) is 62.8 Å². The van der Waals surface area contributed by atoms with Gasteiger partial charge in [-0.1, -0.05) is 0 Å². The Kier molecular flexibility index (Phi) is 5.84. The summed E-state index contributed by atoms with van der Waals surface area (Å²) >= 11 is 6.44. The van der Waals surface area contributed by atoms with E-state index >= 15 is 0 Å². The molecule has 5 N–H and O–H groups in total. The van der Waals surface area contributed by atoms with Crippen LogP contribution in [0.5, 0.6) is 11.5 Å². The monoisotopic (exact) mass is 430 g/mol. The molecule has 22 heavy (non-hydrogen) atoms. The van der Waals surface area contributed by atoms with Crippen molar-refractivity contribution in [1.29, 1.82) is 0 Å². The molecular weight excluding hydrogens is 416 g/mol. The first-order valence-electron chi connectivity index (χ1n) is 6.59. The van der Waals surface area contributed by atoms with Crippen LogP contribution in [0, 0.1) is 5.92 Å². The van der Waals surface area contributed by atoms with Gasteiger partial charge in [0.2, 0.25) is 0 Å². The van der Waals surface area contributed by atoms with Crippen LogP contribution in [0.3, 0.4) is 0 Å². The maximum atomic E-state index is 8.88. The van der Waals surface area contributed by atoms with Crippen LogP contribution in [-0.2, 0) is 0 Å². The van der Waals surface area contributed by atoms with Gasteiger partial charge in [0.25, 0.3) is 0 Å². The zero-order valence-electron chi connectivity index (χ0n) is 11.7. The first-order chi connectivity index (χ1) is 10.5. The molecule has 2 heterocycles. The van der Waals surface area contributed by atoms with Gasteiger partial charge < -0.3 is 21.3 Å². The maximum absolute atomic E-state index is 8.88. The quantitative estimate of drug-likeness (QED) is 0.687. The SMILES string of the molecule is Nc1ncc(Br)cc1O.Nc1ncc(Br)cc1OCC1CC1. The normalized spacial score (nSPS) is 13.2. The molecule has 1 aliphatic carbocycles. The molecule has 1 saturated carbocycles. The molecule has 0 unspecified atom stereocenters. The Morgan fingerprint density at radius 2 is 1.68 bits per heavy atom. The molecule has 0 spiro atoms. The van der Waals surface area contributed by atoms with Crippen molar-refractivity contribution >= 4 is 43.5 Å². The molecule has 3 rings (SSSR count). The Bertz CT molecular complexity index is 651. The van der Waals surface area contributed by atoms with Gasteiger partial charge in [-0.3, -0.25) is 0 Å². The molecule has 0 amide bonds. The highest BCUT2D eigenvalue weighted by Gasteiger charge is 2.22. The topological polar surface area (TPSA) is 107 Å². The molecular formula is C14H16Br2N4O2. The first-order valence-corrected chi connectivity index (χ1v) is 8.18. The van der Waals surface area contributed by atoms with Crippen LogP contribution < -0.4 is 16.2 Å². The summed E-state index contributed by atoms with van der Waals surface area (Å²) in [7, 11) is 0. The average Bonchev–Trinajstić information content (AvgIpc) is 3.29. The van der Waals surface area contributed by atoms with Crippen molar-refractivity contribution in [1.82, 2.24) is 9.97 Å². The molecule has 2 aromatic heterocycles. The van der Waals surface area contributed by atoms with Crippen LogP contribution in [0.15, 0.2) is 33.5 Å². The van der Waals surface area contributed by atoms with Gasteiger partial charge in [0.05, 0.1) is 6.61 Å². The van der Waals surface area contributed by atoms with Gasteiger partial charge >= 0.3 is 0 Å². The smallest absolute Gasteiger partial charge is 0.166 e. The van der Waals surface area contributed by atoms with Gasteiger partial charge in [-0.15, -0.1) is 0 Å². The molecule has 118 valence electrons. The second kappa shape index (κ2) is 7.64. The highest BCUT2D eigenvalue weighted by molar-refractivity contribution is 9.10. The predicted octanol–water partition coefficient (Wildman–Crippen LogP) is 3.35. The van der Waals surface area contributed by atoms with E-state index in [2.05, 4.69) is 41.8 Å². The fourth-order valence-electron chi connectivity index (χ4n) is 1.48. The Morgan fingerprint density at radius 1 is 1.09 bits per heavy atom. The van der Waals surface area contributed by atoms with Crippen LogP contribution in [0.25, 0.3) is 0 Å². The van der Waals surface area contributed by atoms with Gasteiger partial charge in [0.1, 0.15) is 0 Å². The van der Waals surface area contributed by atoms with E-state index in [0.29, 0.717) is 16.0 Å². The lowest BCUT2D eigenvalue weighted by Gasteiger charge is -2.07. The number of pyridine rings is 2. The van der Waals surface area contributed by atoms with Crippen molar-refractivity contribution in [2.24, 2.45) is 5.92 Å². The summed E-state index contributed by atoms with van der Waals surface area (Å²) < 4.78 is 7.14. The summed E-state index contributed by atoms with van der Waals surface area (Å²) in [5, 5.41) is 8.88. The van der Waals surface area contributed by atoms with Crippen molar-refractivity contribution in [3.05, 3.63) is 33.5 Å². The summed E-state index contributed by atoms with van der Waals surface area (Å²) in [5.74, 6) is 2.03. The standard InChI is InChI=1S/C9H11BrN2O.C5H5BrN2O/c10-7-3-8(9(11)12-4-7)13-5-6-1-2-6;6-3-1-4(9)5(7)8-2-3/h3-4,6H,1-2,5H2,(H2,11,12);1-2,9H,(H2,7,8). The highest BCUT2D eigenvalue weighted by Crippen LogP contribution is 2.31. The molecule has 1 aliphatic rings. The number of rotatable bonds is 3. The van der Waals surface area contributed by atoms with Gasteiger partial charge in [0.15, 0.2) is 23.1 Å². The van der Waals surface area contributed by atoms with E-state index in [9.17, 15) is 0 Å². The lowest BCUT2D eigenvalue weighted by molar-refractivity contribution is 0.300. The number of halogens is 2. The van der Waals surface area contributed by atoms with Crippen molar-refractivity contribution in [3.8, 4) is 11.5 Å². The molecule has 1 fully saturated rings. The molecule has 0 aromatic carbocycles. The number of aromatic hydroxyl groups is 1. The number of hydrogen-bond donors (Lipinski definition) is 3. The van der Waals surface area contributed by atoms with Gasteiger partial charge in [0, 0.05) is 21.3 Å². The Morgan fingerprint density at radius 3 is 2.23 bits per heavy atom. The predicted molar refractivity (Wildman–Crippen MR) is 92.6 cm³/mol. The number of ether oxygens (including phenoxy) is 1. The molecule has 0 saturated heterocycles. The van der Waals surface area contributed by atoms with Crippen LogP contribution in [0.4, 0.5) is 11.6 Å². The summed E-state index contributed by atoms with van der Waals surface area (Å²) in [6, 6.07) is 3.34. The van der Waals surface area contributed by atoms with E-state index in [1.165, 1.54) is 25.1 Å². The van der Waals surface area contributed by atoms with Crippen LogP contribution >= 0.6 is 31.9 Å². The zero-order valence-corrected chi connectivity index (χ0v) is 14.8. The van der Waals surface area contributed by atoms with Crippen molar-refractivity contribution in [2.75, 3.05) is 18.1 Å². The van der Waals surface area contributed by atoms with Crippen LogP contribution in [0.2, 0.25) is 0 Å². The number of anilines is 2. The number of aromatic nitrogens is 2. The number of nitrogens with zero attached hydrogens (tertiary/aromatic N) is 2. The molecule has 6 nitrogen and oxygen atoms in total. The second-order valence-corrected chi connectivity index (χ2v) is 6.68. The van der Waals surface area contributed by atoms with Crippen molar-refractivity contribution < 1.29 is 9.84 Å². The summed E-state index contributed by atoms with van der Waals surface area (Å²) in [6.45, 7) is 0.766. The summed E-state index contributed by atoms with van der Waals surface area (Å²) in [6.07, 6.45) is 5.75. The summed E-state index contributed by atoms with van der Waals surface area (Å²) in [5.41, 5.74) is 10.8. The van der Waals surface area contributed by atoms with Crippen molar-refractivity contribution in [2.45, 2.75) is 12.8 Å². The first kappa shape index (κ1) is 16.8. The Hall–Kier alpha value is -1.54. The highest BCUT2D eigenvalue weighted by atomic mass is 79.9. The van der Waals surface area contributed by atoms with Gasteiger partial charge in [-0.25, -0.2) is 9.97 Å². The summed E-state index contributed by atoms with van der Waals surface area (Å²) in [4.78, 5) is 7.64. The second-order valence-electron chi connectivity index (χ2n) is 4.85. The average molecular weight is 432 g/mol.